The Labute approximate surface area is 172 Å². The van der Waals surface area contributed by atoms with Crippen molar-refractivity contribution < 1.29 is 13.6 Å². The van der Waals surface area contributed by atoms with E-state index in [1.807, 2.05) is 36.9 Å². The van der Waals surface area contributed by atoms with Crippen molar-refractivity contribution in [2.75, 3.05) is 23.3 Å². The minimum absolute atomic E-state index is 0.224. The second kappa shape index (κ2) is 8.17. The van der Waals surface area contributed by atoms with Crippen molar-refractivity contribution >= 4 is 17.4 Å². The number of amides is 1. The molecule has 9 heteroatoms. The van der Waals surface area contributed by atoms with Crippen LogP contribution in [0.2, 0.25) is 0 Å². The summed E-state index contributed by atoms with van der Waals surface area (Å²) < 4.78 is 28.2. The van der Waals surface area contributed by atoms with E-state index in [0.717, 1.165) is 36.5 Å². The maximum atomic E-state index is 13.4. The van der Waals surface area contributed by atoms with Gasteiger partial charge in [0.15, 0.2) is 23.3 Å². The summed E-state index contributed by atoms with van der Waals surface area (Å²) in [6.45, 7) is 5.12. The minimum atomic E-state index is -0.990. The standard InChI is InChI=1S/C21H22F2N6O/c1-13-10-14(2)29(27-13)20-8-7-19(25-26-20)28-9-3-4-15(12-28)21(30)24-16-5-6-17(22)18(23)11-16/h5-8,10-11,15H,3-4,9,12H2,1-2H3,(H,24,30). The molecule has 0 spiro atoms. The van der Waals surface area contributed by atoms with Crippen molar-refractivity contribution in [3.8, 4) is 5.82 Å². The van der Waals surface area contributed by atoms with Gasteiger partial charge in [-0.3, -0.25) is 4.79 Å². The lowest BCUT2D eigenvalue weighted by Crippen LogP contribution is -2.41. The molecule has 0 bridgehead atoms. The van der Waals surface area contributed by atoms with E-state index in [1.54, 1.807) is 4.68 Å². The lowest BCUT2D eigenvalue weighted by Gasteiger charge is -2.32. The van der Waals surface area contributed by atoms with Gasteiger partial charge < -0.3 is 10.2 Å². The summed E-state index contributed by atoms with van der Waals surface area (Å²) in [4.78, 5) is 14.6. The number of hydrogen-bond donors (Lipinski definition) is 1. The van der Waals surface area contributed by atoms with Gasteiger partial charge in [0.05, 0.1) is 11.6 Å². The number of hydrogen-bond acceptors (Lipinski definition) is 5. The van der Waals surface area contributed by atoms with Crippen LogP contribution in [0.15, 0.2) is 36.4 Å². The number of carbonyl (C=O) groups is 1. The molecule has 1 amide bonds. The topological polar surface area (TPSA) is 75.9 Å². The first-order valence-electron chi connectivity index (χ1n) is 9.79. The third kappa shape index (κ3) is 4.14. The molecule has 0 aliphatic carbocycles. The highest BCUT2D eigenvalue weighted by molar-refractivity contribution is 5.93. The van der Waals surface area contributed by atoms with Gasteiger partial charge in [-0.1, -0.05) is 0 Å². The monoisotopic (exact) mass is 412 g/mol. The van der Waals surface area contributed by atoms with Gasteiger partial charge in [0, 0.05) is 30.5 Å². The zero-order valence-corrected chi connectivity index (χ0v) is 16.8. The van der Waals surface area contributed by atoms with E-state index in [0.29, 0.717) is 24.6 Å². The minimum Gasteiger partial charge on any atom is -0.354 e. The molecule has 30 heavy (non-hydrogen) atoms. The third-order valence-electron chi connectivity index (χ3n) is 5.17. The molecule has 1 N–H and O–H groups in total. The van der Waals surface area contributed by atoms with Crippen LogP contribution in [0.4, 0.5) is 20.3 Å². The zero-order chi connectivity index (χ0) is 21.3. The largest absolute Gasteiger partial charge is 0.354 e. The second-order valence-corrected chi connectivity index (χ2v) is 7.49. The number of benzene rings is 1. The maximum absolute atomic E-state index is 13.4. The Balaban J connectivity index is 1.43. The Morgan fingerprint density at radius 3 is 2.50 bits per heavy atom. The maximum Gasteiger partial charge on any atom is 0.229 e. The van der Waals surface area contributed by atoms with Crippen molar-refractivity contribution in [2.24, 2.45) is 5.92 Å². The summed E-state index contributed by atoms with van der Waals surface area (Å²) in [7, 11) is 0. The van der Waals surface area contributed by atoms with Crippen LogP contribution in [0.1, 0.15) is 24.2 Å². The van der Waals surface area contributed by atoms with Gasteiger partial charge in [-0.05, 0) is 57.0 Å². The van der Waals surface area contributed by atoms with Crippen LogP contribution in [0, 0.1) is 31.4 Å². The summed E-state index contributed by atoms with van der Waals surface area (Å²) in [6, 6.07) is 9.02. The van der Waals surface area contributed by atoms with Crippen LogP contribution < -0.4 is 10.2 Å². The number of halogens is 2. The first-order valence-corrected chi connectivity index (χ1v) is 9.79. The average molecular weight is 412 g/mol. The van der Waals surface area contributed by atoms with Crippen molar-refractivity contribution in [1.29, 1.82) is 0 Å². The molecular weight excluding hydrogens is 390 g/mol. The molecule has 156 valence electrons. The van der Waals surface area contributed by atoms with Crippen LogP contribution in [0.5, 0.6) is 0 Å². The predicted molar refractivity (Wildman–Crippen MR) is 109 cm³/mol. The molecule has 1 saturated heterocycles. The Morgan fingerprint density at radius 1 is 1.07 bits per heavy atom. The first kappa shape index (κ1) is 19.9. The molecule has 3 aromatic rings. The Morgan fingerprint density at radius 2 is 1.83 bits per heavy atom. The molecule has 2 aromatic heterocycles. The van der Waals surface area contributed by atoms with Crippen molar-refractivity contribution in [3.05, 3.63) is 59.4 Å². The Hall–Kier alpha value is -3.36. The van der Waals surface area contributed by atoms with Crippen molar-refractivity contribution in [2.45, 2.75) is 26.7 Å². The number of carbonyl (C=O) groups excluding carboxylic acids is 1. The van der Waals surface area contributed by atoms with Crippen molar-refractivity contribution in [3.63, 3.8) is 0 Å². The molecule has 1 fully saturated rings. The predicted octanol–water partition coefficient (Wildman–Crippen LogP) is 3.41. The fourth-order valence-electron chi connectivity index (χ4n) is 3.68. The normalized spacial score (nSPS) is 16.5. The summed E-state index contributed by atoms with van der Waals surface area (Å²) in [5, 5.41) is 15.7. The van der Waals surface area contributed by atoms with Crippen molar-refractivity contribution in [1.82, 2.24) is 20.0 Å². The van der Waals surface area contributed by atoms with E-state index in [9.17, 15) is 13.6 Å². The van der Waals surface area contributed by atoms with Gasteiger partial charge in [-0.15, -0.1) is 10.2 Å². The van der Waals surface area contributed by atoms with Gasteiger partial charge in [-0.25, -0.2) is 13.5 Å². The Kier molecular flexibility index (Phi) is 5.43. The summed E-state index contributed by atoms with van der Waals surface area (Å²) in [5.74, 6) is -1.13. The number of aryl methyl sites for hydroxylation is 2. The molecule has 1 unspecified atom stereocenters. The molecule has 4 rings (SSSR count). The highest BCUT2D eigenvalue weighted by Gasteiger charge is 2.27. The number of nitrogens with one attached hydrogen (secondary N) is 1. The number of rotatable bonds is 4. The quantitative estimate of drug-likeness (QED) is 0.711. The molecule has 3 heterocycles. The van der Waals surface area contributed by atoms with Crippen LogP contribution in [0.3, 0.4) is 0 Å². The smallest absolute Gasteiger partial charge is 0.229 e. The van der Waals surface area contributed by atoms with Gasteiger partial charge >= 0.3 is 0 Å². The highest BCUT2D eigenvalue weighted by Crippen LogP contribution is 2.23. The lowest BCUT2D eigenvalue weighted by atomic mass is 9.97. The van der Waals surface area contributed by atoms with Gasteiger partial charge in [0.25, 0.3) is 0 Å². The molecule has 1 aromatic carbocycles. The Bertz CT molecular complexity index is 1070. The molecule has 0 radical (unpaired) electrons. The van der Waals surface area contributed by atoms with E-state index >= 15 is 0 Å². The van der Waals surface area contributed by atoms with Gasteiger partial charge in [0.2, 0.25) is 5.91 Å². The molecule has 1 aliphatic rings. The van der Waals surface area contributed by atoms with Crippen LogP contribution in [0.25, 0.3) is 5.82 Å². The molecule has 0 saturated carbocycles. The summed E-state index contributed by atoms with van der Waals surface area (Å²) in [5.41, 5.74) is 2.12. The summed E-state index contributed by atoms with van der Waals surface area (Å²) in [6.07, 6.45) is 1.53. The summed E-state index contributed by atoms with van der Waals surface area (Å²) >= 11 is 0. The van der Waals surface area contributed by atoms with E-state index in [4.69, 9.17) is 0 Å². The van der Waals surface area contributed by atoms with E-state index < -0.39 is 11.6 Å². The lowest BCUT2D eigenvalue weighted by molar-refractivity contribution is -0.120. The van der Waals surface area contributed by atoms with Gasteiger partial charge in [0.1, 0.15) is 0 Å². The van der Waals surface area contributed by atoms with Crippen LogP contribution >= 0.6 is 0 Å². The number of aromatic nitrogens is 4. The number of nitrogens with zero attached hydrogens (tertiary/aromatic N) is 5. The molecule has 1 aliphatic heterocycles. The molecule has 1 atom stereocenters. The SMILES string of the molecule is Cc1cc(C)n(-c2ccc(N3CCCC(C(=O)Nc4ccc(F)c(F)c4)C3)nn2)n1. The highest BCUT2D eigenvalue weighted by atomic mass is 19.2. The van der Waals surface area contributed by atoms with Crippen LogP contribution in [-0.4, -0.2) is 39.0 Å². The second-order valence-electron chi connectivity index (χ2n) is 7.49. The fraction of sp³-hybridized carbons (Fsp3) is 0.333. The van der Waals surface area contributed by atoms with E-state index in [1.165, 1.54) is 6.07 Å². The fourth-order valence-corrected chi connectivity index (χ4v) is 3.68. The number of anilines is 2. The van der Waals surface area contributed by atoms with E-state index in [-0.39, 0.29) is 17.5 Å². The number of piperidine rings is 1. The first-order chi connectivity index (χ1) is 14.4. The average Bonchev–Trinajstić information content (AvgIpc) is 3.09. The molecular formula is C21H22F2N6O. The zero-order valence-electron chi connectivity index (χ0n) is 16.8. The molecule has 7 nitrogen and oxygen atoms in total. The third-order valence-corrected chi connectivity index (χ3v) is 5.17. The van der Waals surface area contributed by atoms with Gasteiger partial charge in [-0.2, -0.15) is 5.10 Å². The van der Waals surface area contributed by atoms with E-state index in [2.05, 4.69) is 20.6 Å². The van der Waals surface area contributed by atoms with Crippen LogP contribution in [-0.2, 0) is 4.79 Å².